The monoisotopic (exact) mass is 192 g/mol. The summed E-state index contributed by atoms with van der Waals surface area (Å²) in [6, 6.07) is 6.79. The molecule has 0 aliphatic rings. The van der Waals surface area contributed by atoms with E-state index >= 15 is 0 Å². The largest absolute Gasteiger partial charge is 0.317 e. The van der Waals surface area contributed by atoms with Crippen molar-refractivity contribution in [1.82, 2.24) is 10.3 Å². The third-order valence-corrected chi connectivity index (χ3v) is 2.45. The Kier molecular flexibility index (Phi) is 4.60. The Labute approximate surface area is 86.8 Å². The molecule has 1 aromatic rings. The molecular weight excluding hydrogens is 172 g/mol. The molecule has 0 aliphatic carbocycles. The average molecular weight is 192 g/mol. The van der Waals surface area contributed by atoms with Gasteiger partial charge in [0, 0.05) is 23.9 Å². The highest BCUT2D eigenvalue weighted by atomic mass is 14.9. The van der Waals surface area contributed by atoms with Crippen LogP contribution >= 0.6 is 0 Å². The first kappa shape index (κ1) is 11.2. The van der Waals surface area contributed by atoms with Crippen LogP contribution < -0.4 is 5.32 Å². The summed E-state index contributed by atoms with van der Waals surface area (Å²) in [5, 5.41) is 3.33. The van der Waals surface area contributed by atoms with E-state index in [1.165, 1.54) is 18.5 Å². The van der Waals surface area contributed by atoms with Crippen LogP contribution in [0.2, 0.25) is 0 Å². The molecule has 1 unspecified atom stereocenters. The average Bonchev–Trinajstić information content (AvgIpc) is 2.17. The number of rotatable bonds is 5. The minimum Gasteiger partial charge on any atom is -0.317 e. The van der Waals surface area contributed by atoms with Gasteiger partial charge >= 0.3 is 0 Å². The van der Waals surface area contributed by atoms with Crippen LogP contribution in [0.5, 0.6) is 0 Å². The highest BCUT2D eigenvalue weighted by Crippen LogP contribution is 2.05. The third-order valence-electron chi connectivity index (χ3n) is 2.45. The summed E-state index contributed by atoms with van der Waals surface area (Å²) in [5.41, 5.74) is 2.30. The van der Waals surface area contributed by atoms with Crippen molar-refractivity contribution in [3.05, 3.63) is 29.6 Å². The van der Waals surface area contributed by atoms with Crippen LogP contribution in [0.15, 0.2) is 18.2 Å². The van der Waals surface area contributed by atoms with Crippen molar-refractivity contribution in [1.29, 1.82) is 0 Å². The van der Waals surface area contributed by atoms with Gasteiger partial charge in [-0.1, -0.05) is 19.4 Å². The number of pyridine rings is 1. The molecular formula is C12H20N2. The number of nitrogens with zero attached hydrogens (tertiary/aromatic N) is 1. The number of aryl methyl sites for hydroxylation is 1. The van der Waals surface area contributed by atoms with Crippen molar-refractivity contribution in [3.8, 4) is 0 Å². The molecule has 1 atom stereocenters. The maximum atomic E-state index is 4.50. The van der Waals surface area contributed by atoms with E-state index < -0.39 is 0 Å². The zero-order valence-electron chi connectivity index (χ0n) is 9.38. The van der Waals surface area contributed by atoms with E-state index in [1.54, 1.807) is 0 Å². The van der Waals surface area contributed by atoms with E-state index in [4.69, 9.17) is 0 Å². The SMILES string of the molecule is CCCC(Cc1cccc(C)n1)NC. The Morgan fingerprint density at radius 1 is 1.43 bits per heavy atom. The Morgan fingerprint density at radius 3 is 2.79 bits per heavy atom. The van der Waals surface area contributed by atoms with Crippen LogP contribution in [-0.2, 0) is 6.42 Å². The maximum Gasteiger partial charge on any atom is 0.0422 e. The number of hydrogen-bond donors (Lipinski definition) is 1. The van der Waals surface area contributed by atoms with Crippen LogP contribution in [-0.4, -0.2) is 18.1 Å². The molecule has 1 aromatic heterocycles. The molecule has 0 aromatic carbocycles. The second kappa shape index (κ2) is 5.76. The second-order valence-electron chi connectivity index (χ2n) is 3.75. The first-order valence-electron chi connectivity index (χ1n) is 5.36. The van der Waals surface area contributed by atoms with Gasteiger partial charge in [0.2, 0.25) is 0 Å². The first-order valence-corrected chi connectivity index (χ1v) is 5.36. The molecule has 0 saturated heterocycles. The summed E-state index contributed by atoms with van der Waals surface area (Å²) < 4.78 is 0. The van der Waals surface area contributed by atoms with Crippen LogP contribution in [0.1, 0.15) is 31.2 Å². The van der Waals surface area contributed by atoms with E-state index in [1.807, 2.05) is 20.0 Å². The van der Waals surface area contributed by atoms with Gasteiger partial charge in [-0.25, -0.2) is 0 Å². The van der Waals surface area contributed by atoms with Gasteiger partial charge in [-0.05, 0) is 32.5 Å². The summed E-state index contributed by atoms with van der Waals surface area (Å²) in [6.07, 6.45) is 3.47. The standard InChI is InChI=1S/C12H20N2/c1-4-6-11(13-3)9-12-8-5-7-10(2)14-12/h5,7-8,11,13H,4,6,9H2,1-3H3. The summed E-state index contributed by atoms with van der Waals surface area (Å²) >= 11 is 0. The fourth-order valence-corrected chi connectivity index (χ4v) is 1.66. The lowest BCUT2D eigenvalue weighted by molar-refractivity contribution is 0.508. The van der Waals surface area contributed by atoms with Crippen LogP contribution in [0.4, 0.5) is 0 Å². The van der Waals surface area contributed by atoms with Gasteiger partial charge in [0.15, 0.2) is 0 Å². The third kappa shape index (κ3) is 3.46. The molecule has 0 spiro atoms. The van der Waals surface area contributed by atoms with Gasteiger partial charge in [-0.2, -0.15) is 0 Å². The van der Waals surface area contributed by atoms with Crippen LogP contribution in [0.25, 0.3) is 0 Å². The van der Waals surface area contributed by atoms with Crippen LogP contribution in [0, 0.1) is 6.92 Å². The Morgan fingerprint density at radius 2 is 2.21 bits per heavy atom. The Bertz CT molecular complexity index is 271. The first-order chi connectivity index (χ1) is 6.76. The van der Waals surface area contributed by atoms with Crippen molar-refractivity contribution in [3.63, 3.8) is 0 Å². The molecule has 1 heterocycles. The predicted octanol–water partition coefficient (Wildman–Crippen LogP) is 2.32. The summed E-state index contributed by atoms with van der Waals surface area (Å²) in [6.45, 7) is 4.26. The zero-order valence-corrected chi connectivity index (χ0v) is 9.38. The fraction of sp³-hybridized carbons (Fsp3) is 0.583. The van der Waals surface area contributed by atoms with Gasteiger partial charge in [-0.15, -0.1) is 0 Å². The van der Waals surface area contributed by atoms with Crippen molar-refractivity contribution < 1.29 is 0 Å². The van der Waals surface area contributed by atoms with Gasteiger partial charge in [-0.3, -0.25) is 4.98 Å². The van der Waals surface area contributed by atoms with E-state index in [-0.39, 0.29) is 0 Å². The summed E-state index contributed by atoms with van der Waals surface area (Å²) in [5.74, 6) is 0. The molecule has 2 heteroatoms. The molecule has 2 nitrogen and oxygen atoms in total. The van der Waals surface area contributed by atoms with E-state index in [2.05, 4.69) is 29.4 Å². The lowest BCUT2D eigenvalue weighted by atomic mass is 10.1. The van der Waals surface area contributed by atoms with E-state index in [9.17, 15) is 0 Å². The molecule has 1 rings (SSSR count). The Balaban J connectivity index is 2.57. The summed E-state index contributed by atoms with van der Waals surface area (Å²) in [7, 11) is 2.02. The van der Waals surface area contributed by atoms with Gasteiger partial charge in [0.25, 0.3) is 0 Å². The lowest BCUT2D eigenvalue weighted by Crippen LogP contribution is -2.27. The zero-order chi connectivity index (χ0) is 10.4. The molecule has 14 heavy (non-hydrogen) atoms. The van der Waals surface area contributed by atoms with Crippen molar-refractivity contribution in [2.24, 2.45) is 0 Å². The molecule has 0 fully saturated rings. The predicted molar refractivity (Wildman–Crippen MR) is 60.4 cm³/mol. The second-order valence-corrected chi connectivity index (χ2v) is 3.75. The topological polar surface area (TPSA) is 24.9 Å². The summed E-state index contributed by atoms with van der Waals surface area (Å²) in [4.78, 5) is 4.50. The molecule has 0 radical (unpaired) electrons. The number of hydrogen-bond acceptors (Lipinski definition) is 2. The van der Waals surface area contributed by atoms with Crippen molar-refractivity contribution >= 4 is 0 Å². The van der Waals surface area contributed by atoms with Gasteiger partial charge in [0.05, 0.1) is 0 Å². The van der Waals surface area contributed by atoms with Crippen molar-refractivity contribution in [2.45, 2.75) is 39.2 Å². The normalized spacial score (nSPS) is 12.8. The number of likely N-dealkylation sites (N-methyl/N-ethyl adjacent to an activating group) is 1. The van der Waals surface area contributed by atoms with Gasteiger partial charge in [0.1, 0.15) is 0 Å². The quantitative estimate of drug-likeness (QED) is 0.774. The fourth-order valence-electron chi connectivity index (χ4n) is 1.66. The highest BCUT2D eigenvalue weighted by molar-refractivity contribution is 5.10. The molecule has 0 bridgehead atoms. The molecule has 0 saturated carbocycles. The van der Waals surface area contributed by atoms with Gasteiger partial charge < -0.3 is 5.32 Å². The lowest BCUT2D eigenvalue weighted by Gasteiger charge is -2.14. The molecule has 0 aliphatic heterocycles. The minimum atomic E-state index is 0.564. The van der Waals surface area contributed by atoms with E-state index in [0.717, 1.165) is 12.1 Å². The highest BCUT2D eigenvalue weighted by Gasteiger charge is 2.06. The minimum absolute atomic E-state index is 0.564. The molecule has 1 N–H and O–H groups in total. The smallest absolute Gasteiger partial charge is 0.0422 e. The number of nitrogens with one attached hydrogen (secondary N) is 1. The maximum absolute atomic E-state index is 4.50. The van der Waals surface area contributed by atoms with E-state index in [0.29, 0.717) is 6.04 Å². The number of aromatic nitrogens is 1. The Hall–Kier alpha value is -0.890. The van der Waals surface area contributed by atoms with Crippen molar-refractivity contribution in [2.75, 3.05) is 7.05 Å². The van der Waals surface area contributed by atoms with Crippen LogP contribution in [0.3, 0.4) is 0 Å². The molecule has 0 amide bonds. The molecule has 78 valence electrons.